The van der Waals surface area contributed by atoms with Gasteiger partial charge < -0.3 is 14.4 Å². The molecule has 0 N–H and O–H groups in total. The van der Waals surface area contributed by atoms with Crippen molar-refractivity contribution in [3.63, 3.8) is 0 Å². The maximum absolute atomic E-state index is 13.3. The van der Waals surface area contributed by atoms with Gasteiger partial charge in [0.05, 0.1) is 18.6 Å². The quantitative estimate of drug-likeness (QED) is 0.456. The Morgan fingerprint density at radius 3 is 2.39 bits per heavy atom. The van der Waals surface area contributed by atoms with Crippen LogP contribution in [0.4, 0.5) is 5.69 Å². The van der Waals surface area contributed by atoms with Gasteiger partial charge in [-0.05, 0) is 35.9 Å². The first-order valence-electron chi connectivity index (χ1n) is 10.5. The number of amides is 1. The molecule has 33 heavy (non-hydrogen) atoms. The lowest BCUT2D eigenvalue weighted by Crippen LogP contribution is -2.36. The summed E-state index contributed by atoms with van der Waals surface area (Å²) < 4.78 is 12.0. The smallest absolute Gasteiger partial charge is 0.254 e. The van der Waals surface area contributed by atoms with E-state index in [2.05, 4.69) is 4.98 Å². The fourth-order valence-electron chi connectivity index (χ4n) is 3.69. The Morgan fingerprint density at radius 1 is 0.909 bits per heavy atom. The highest BCUT2D eigenvalue weighted by Gasteiger charge is 2.18. The second-order valence-corrected chi connectivity index (χ2v) is 7.61. The lowest BCUT2D eigenvalue weighted by Gasteiger charge is -2.23. The van der Waals surface area contributed by atoms with Gasteiger partial charge in [0, 0.05) is 17.3 Å². The normalized spacial score (nSPS) is 11.9. The molecule has 0 aliphatic carbocycles. The molecule has 0 atom stereocenters. The molecule has 1 aromatic heterocycles. The second-order valence-electron chi connectivity index (χ2n) is 7.61. The third kappa shape index (κ3) is 4.48. The molecule has 0 saturated carbocycles. The molecule has 4 aromatic rings. The Morgan fingerprint density at radius 2 is 1.64 bits per heavy atom. The first-order valence-corrected chi connectivity index (χ1v) is 10.5. The number of ether oxygens (including phenoxy) is 2. The summed E-state index contributed by atoms with van der Waals surface area (Å²) in [7, 11) is 0. The largest absolute Gasteiger partial charge is 0.454 e. The molecule has 1 aliphatic heterocycles. The average molecular weight is 439 g/mol. The molecule has 164 valence electrons. The van der Waals surface area contributed by atoms with Crippen LogP contribution < -0.4 is 19.9 Å². The number of rotatable bonds is 6. The van der Waals surface area contributed by atoms with Crippen LogP contribution in [0.2, 0.25) is 0 Å². The molecule has 7 heteroatoms. The van der Waals surface area contributed by atoms with E-state index in [4.69, 9.17) is 9.47 Å². The van der Waals surface area contributed by atoms with E-state index in [1.165, 1.54) is 17.0 Å². The second kappa shape index (κ2) is 9.00. The molecule has 0 unspecified atom stereocenters. The summed E-state index contributed by atoms with van der Waals surface area (Å²) >= 11 is 0. The van der Waals surface area contributed by atoms with Crippen molar-refractivity contribution in [2.75, 3.05) is 11.7 Å². The van der Waals surface area contributed by atoms with Crippen molar-refractivity contribution < 1.29 is 14.3 Å². The van der Waals surface area contributed by atoms with E-state index in [1.807, 2.05) is 66.7 Å². The van der Waals surface area contributed by atoms with E-state index in [-0.39, 0.29) is 24.8 Å². The topological polar surface area (TPSA) is 73.7 Å². The number of benzene rings is 3. The number of carbonyl (C=O) groups excluding carboxylic acids is 1. The number of fused-ring (bicyclic) bond motifs is 1. The van der Waals surface area contributed by atoms with Crippen LogP contribution in [0.5, 0.6) is 11.5 Å². The number of hydrogen-bond acceptors (Lipinski definition) is 5. The van der Waals surface area contributed by atoms with Gasteiger partial charge in [-0.3, -0.25) is 14.2 Å². The Balaban J connectivity index is 1.38. The third-order valence-corrected chi connectivity index (χ3v) is 5.41. The van der Waals surface area contributed by atoms with Crippen LogP contribution in [0.1, 0.15) is 5.56 Å². The van der Waals surface area contributed by atoms with Gasteiger partial charge >= 0.3 is 0 Å². The highest BCUT2D eigenvalue weighted by Crippen LogP contribution is 2.35. The summed E-state index contributed by atoms with van der Waals surface area (Å²) in [5.74, 6) is 1.08. The van der Waals surface area contributed by atoms with Gasteiger partial charge in [0.1, 0.15) is 6.54 Å². The lowest BCUT2D eigenvalue weighted by molar-refractivity contribution is -0.119. The molecule has 7 nitrogen and oxygen atoms in total. The fourth-order valence-corrected chi connectivity index (χ4v) is 3.69. The molecule has 1 aliphatic rings. The van der Waals surface area contributed by atoms with E-state index < -0.39 is 0 Å². The van der Waals surface area contributed by atoms with Crippen molar-refractivity contribution in [1.29, 1.82) is 0 Å². The molecule has 0 bridgehead atoms. The predicted molar refractivity (Wildman–Crippen MR) is 124 cm³/mol. The first-order chi connectivity index (χ1) is 16.2. The maximum atomic E-state index is 13.3. The zero-order valence-electron chi connectivity index (χ0n) is 17.8. The van der Waals surface area contributed by atoms with Gasteiger partial charge in [0.15, 0.2) is 11.5 Å². The Hall–Kier alpha value is -4.39. The Bertz CT molecular complexity index is 1340. The zero-order chi connectivity index (χ0) is 22.6. The van der Waals surface area contributed by atoms with Crippen molar-refractivity contribution in [3.05, 3.63) is 107 Å². The number of nitrogens with zero attached hydrogens (tertiary/aromatic N) is 3. The van der Waals surface area contributed by atoms with E-state index in [0.717, 1.165) is 16.8 Å². The SMILES string of the molecule is O=C(Cn1cnc(-c2ccc3c(c2)OCO3)cc1=O)N(Cc1ccccc1)c1ccccc1. The minimum atomic E-state index is -0.307. The molecule has 2 heterocycles. The number of para-hydroxylation sites is 1. The molecule has 0 fully saturated rings. The van der Waals surface area contributed by atoms with Crippen molar-refractivity contribution in [2.24, 2.45) is 0 Å². The summed E-state index contributed by atoms with van der Waals surface area (Å²) in [5, 5.41) is 0. The predicted octanol–water partition coefficient (Wildman–Crippen LogP) is 3.87. The van der Waals surface area contributed by atoms with Gasteiger partial charge in [-0.25, -0.2) is 4.98 Å². The summed E-state index contributed by atoms with van der Waals surface area (Å²) in [6.07, 6.45) is 1.41. The maximum Gasteiger partial charge on any atom is 0.254 e. The molecule has 0 radical (unpaired) electrons. The number of anilines is 1. The van der Waals surface area contributed by atoms with Gasteiger partial charge in [0.25, 0.3) is 5.56 Å². The number of carbonyl (C=O) groups is 1. The van der Waals surface area contributed by atoms with Crippen molar-refractivity contribution in [3.8, 4) is 22.8 Å². The van der Waals surface area contributed by atoms with E-state index in [9.17, 15) is 9.59 Å². The number of hydrogen-bond donors (Lipinski definition) is 0. The Kier molecular flexibility index (Phi) is 5.59. The monoisotopic (exact) mass is 439 g/mol. The number of aromatic nitrogens is 2. The van der Waals surface area contributed by atoms with E-state index in [0.29, 0.717) is 23.7 Å². The highest BCUT2D eigenvalue weighted by molar-refractivity contribution is 5.93. The third-order valence-electron chi connectivity index (χ3n) is 5.41. The van der Waals surface area contributed by atoms with Crippen LogP contribution >= 0.6 is 0 Å². The molecule has 0 spiro atoms. The van der Waals surface area contributed by atoms with Crippen molar-refractivity contribution in [2.45, 2.75) is 13.1 Å². The van der Waals surface area contributed by atoms with E-state index in [1.54, 1.807) is 17.0 Å². The fraction of sp³-hybridized carbons (Fsp3) is 0.115. The highest BCUT2D eigenvalue weighted by atomic mass is 16.7. The Labute approximate surface area is 190 Å². The lowest BCUT2D eigenvalue weighted by atomic mass is 10.1. The minimum Gasteiger partial charge on any atom is -0.454 e. The molecular formula is C26H21N3O4. The summed E-state index contributed by atoms with van der Waals surface area (Å²) in [4.78, 5) is 32.1. The molecule has 1 amide bonds. The summed E-state index contributed by atoms with van der Waals surface area (Å²) in [6, 6.07) is 26.0. The molecule has 5 rings (SSSR count). The van der Waals surface area contributed by atoms with Gasteiger partial charge in [-0.1, -0.05) is 48.5 Å². The van der Waals surface area contributed by atoms with Gasteiger partial charge in [-0.15, -0.1) is 0 Å². The first kappa shape index (κ1) is 20.5. The standard InChI is InChI=1S/C26H21N3O4/c30-25-14-22(20-11-12-23-24(13-20)33-18-32-23)27-17-28(25)16-26(31)29(21-9-5-2-6-10-21)15-19-7-3-1-4-8-19/h1-14,17H,15-16,18H2. The van der Waals surface area contributed by atoms with Crippen LogP contribution in [-0.4, -0.2) is 22.3 Å². The molecule has 3 aromatic carbocycles. The summed E-state index contributed by atoms with van der Waals surface area (Å²) in [5.41, 5.74) is 2.71. The van der Waals surface area contributed by atoms with Crippen LogP contribution in [0.15, 0.2) is 96.1 Å². The van der Waals surface area contributed by atoms with Crippen LogP contribution in [-0.2, 0) is 17.9 Å². The summed E-state index contributed by atoms with van der Waals surface area (Å²) in [6.45, 7) is 0.465. The molecule has 0 saturated heterocycles. The minimum absolute atomic E-state index is 0.116. The van der Waals surface area contributed by atoms with Crippen LogP contribution in [0.3, 0.4) is 0 Å². The molecular weight excluding hydrogens is 418 g/mol. The van der Waals surface area contributed by atoms with Crippen molar-refractivity contribution in [1.82, 2.24) is 9.55 Å². The van der Waals surface area contributed by atoms with Crippen LogP contribution in [0.25, 0.3) is 11.3 Å². The van der Waals surface area contributed by atoms with E-state index >= 15 is 0 Å². The van der Waals surface area contributed by atoms with Gasteiger partial charge in [-0.2, -0.15) is 0 Å². The average Bonchev–Trinajstić information content (AvgIpc) is 3.33. The van der Waals surface area contributed by atoms with Crippen molar-refractivity contribution >= 4 is 11.6 Å². The van der Waals surface area contributed by atoms with Gasteiger partial charge in [0.2, 0.25) is 12.7 Å². The van der Waals surface area contributed by atoms with Crippen LogP contribution in [0, 0.1) is 0 Å². The zero-order valence-corrected chi connectivity index (χ0v) is 17.8.